The van der Waals surface area contributed by atoms with Gasteiger partial charge < -0.3 is 9.64 Å². The maximum atomic E-state index is 12.8. The van der Waals surface area contributed by atoms with Gasteiger partial charge in [-0.15, -0.1) is 0 Å². The van der Waals surface area contributed by atoms with Gasteiger partial charge in [-0.1, -0.05) is 0 Å². The topological polar surface area (TPSA) is 82.9 Å². The maximum absolute atomic E-state index is 12.8. The number of fused-ring (bicyclic) bond motifs is 1. The highest BCUT2D eigenvalue weighted by atomic mass is 16.5. The van der Waals surface area contributed by atoms with E-state index in [0.29, 0.717) is 31.1 Å². The number of carbonyl (C=O) groups is 1. The zero-order valence-corrected chi connectivity index (χ0v) is 14.4. The second kappa shape index (κ2) is 6.61. The van der Waals surface area contributed by atoms with Crippen LogP contribution in [0, 0.1) is 6.92 Å². The van der Waals surface area contributed by atoms with Crippen molar-refractivity contribution >= 4 is 11.6 Å². The fourth-order valence-corrected chi connectivity index (χ4v) is 3.73. The lowest BCUT2D eigenvalue weighted by Crippen LogP contribution is -2.44. The summed E-state index contributed by atoms with van der Waals surface area (Å²) in [6, 6.07) is 3.37. The minimum Gasteiger partial charge on any atom is -0.379 e. The summed E-state index contributed by atoms with van der Waals surface area (Å²) < 4.78 is 6.79. The number of rotatable bonds is 3. The molecule has 134 valence electrons. The number of nitrogens with one attached hydrogen (secondary N) is 1. The number of aryl methyl sites for hydroxylation is 1. The number of morpholine rings is 1. The van der Waals surface area contributed by atoms with Crippen molar-refractivity contribution in [3.05, 3.63) is 33.9 Å². The summed E-state index contributed by atoms with van der Waals surface area (Å²) in [6.45, 7) is 5.97. The van der Waals surface area contributed by atoms with Crippen LogP contribution in [0.5, 0.6) is 0 Å². The van der Waals surface area contributed by atoms with E-state index in [4.69, 9.17) is 4.74 Å². The van der Waals surface area contributed by atoms with Crippen molar-refractivity contribution in [1.29, 1.82) is 0 Å². The Morgan fingerprint density at radius 2 is 2.12 bits per heavy atom. The first-order chi connectivity index (χ1) is 12.1. The number of hydrogen-bond donors (Lipinski definition) is 1. The highest BCUT2D eigenvalue weighted by molar-refractivity contribution is 5.79. The minimum atomic E-state index is -0.127. The molecule has 0 unspecified atom stereocenters. The van der Waals surface area contributed by atoms with Crippen molar-refractivity contribution in [1.82, 2.24) is 24.4 Å². The van der Waals surface area contributed by atoms with E-state index in [9.17, 15) is 9.59 Å². The summed E-state index contributed by atoms with van der Waals surface area (Å²) in [5.41, 5.74) is 2.05. The van der Waals surface area contributed by atoms with Crippen LogP contribution in [0.4, 0.5) is 0 Å². The van der Waals surface area contributed by atoms with Gasteiger partial charge in [0.25, 0.3) is 5.56 Å². The van der Waals surface area contributed by atoms with Crippen LogP contribution < -0.4 is 5.56 Å². The molecule has 4 heterocycles. The number of hydrogen-bond acceptors (Lipinski definition) is 5. The quantitative estimate of drug-likeness (QED) is 0.867. The third kappa shape index (κ3) is 3.19. The molecule has 0 saturated carbocycles. The van der Waals surface area contributed by atoms with E-state index in [1.54, 1.807) is 0 Å². The molecular weight excluding hydrogens is 322 g/mol. The van der Waals surface area contributed by atoms with E-state index >= 15 is 0 Å². The molecule has 2 aromatic heterocycles. The first kappa shape index (κ1) is 16.3. The standard InChI is InChI=1S/C17H23N5O3/c1-12-9-16(23)22-15(18-12)10-13(19-22)14-3-2-4-21(14)17(24)11-20-5-7-25-8-6-20/h9-10,14,19H,2-8,11H2,1H3/t14-/m0/s1. The third-order valence-electron chi connectivity index (χ3n) is 4.99. The monoisotopic (exact) mass is 345 g/mol. The highest BCUT2D eigenvalue weighted by Crippen LogP contribution is 2.31. The number of H-pyrrole nitrogens is 1. The molecule has 0 spiro atoms. The average Bonchev–Trinajstić information content (AvgIpc) is 3.22. The van der Waals surface area contributed by atoms with E-state index in [-0.39, 0.29) is 17.5 Å². The molecular formula is C17H23N5O3. The van der Waals surface area contributed by atoms with Crippen molar-refractivity contribution in [2.75, 3.05) is 39.4 Å². The molecule has 2 aromatic rings. The first-order valence-electron chi connectivity index (χ1n) is 8.81. The van der Waals surface area contributed by atoms with Crippen LogP contribution in [0.3, 0.4) is 0 Å². The molecule has 2 fully saturated rings. The molecule has 1 N–H and O–H groups in total. The minimum absolute atomic E-state index is 0.0186. The second-order valence-electron chi connectivity index (χ2n) is 6.77. The Morgan fingerprint density at radius 3 is 2.92 bits per heavy atom. The molecule has 2 saturated heterocycles. The Kier molecular flexibility index (Phi) is 4.30. The summed E-state index contributed by atoms with van der Waals surface area (Å²) in [6.07, 6.45) is 1.87. The van der Waals surface area contributed by atoms with Crippen molar-refractivity contribution in [3.8, 4) is 0 Å². The van der Waals surface area contributed by atoms with Crippen LogP contribution >= 0.6 is 0 Å². The highest BCUT2D eigenvalue weighted by Gasteiger charge is 2.32. The van der Waals surface area contributed by atoms with Gasteiger partial charge in [0.2, 0.25) is 5.91 Å². The molecule has 0 aliphatic carbocycles. The summed E-state index contributed by atoms with van der Waals surface area (Å²) in [5, 5.41) is 3.14. The lowest BCUT2D eigenvalue weighted by atomic mass is 10.1. The van der Waals surface area contributed by atoms with Crippen LogP contribution in [0.1, 0.15) is 30.3 Å². The number of aromatic nitrogens is 3. The molecule has 1 atom stereocenters. The van der Waals surface area contributed by atoms with Crippen LogP contribution in [0.25, 0.3) is 5.65 Å². The molecule has 2 aliphatic heterocycles. The van der Waals surface area contributed by atoms with Crippen LogP contribution in [-0.2, 0) is 9.53 Å². The molecule has 25 heavy (non-hydrogen) atoms. The molecule has 0 aromatic carbocycles. The van der Waals surface area contributed by atoms with Crippen LogP contribution in [0.2, 0.25) is 0 Å². The Bertz CT molecular complexity index is 836. The van der Waals surface area contributed by atoms with Crippen molar-refractivity contribution < 1.29 is 9.53 Å². The molecule has 1 amide bonds. The van der Waals surface area contributed by atoms with Crippen molar-refractivity contribution in [2.24, 2.45) is 0 Å². The van der Waals surface area contributed by atoms with Gasteiger partial charge >= 0.3 is 0 Å². The van der Waals surface area contributed by atoms with E-state index in [1.807, 2.05) is 17.9 Å². The first-order valence-corrected chi connectivity index (χ1v) is 8.81. The number of likely N-dealkylation sites (tertiary alicyclic amines) is 1. The van der Waals surface area contributed by atoms with Crippen molar-refractivity contribution in [3.63, 3.8) is 0 Å². The van der Waals surface area contributed by atoms with E-state index in [2.05, 4.69) is 15.0 Å². The normalized spacial score (nSPS) is 22.0. The average molecular weight is 345 g/mol. The Morgan fingerprint density at radius 1 is 1.32 bits per heavy atom. The molecule has 0 radical (unpaired) electrons. The van der Waals surface area contributed by atoms with E-state index in [1.165, 1.54) is 10.6 Å². The fourth-order valence-electron chi connectivity index (χ4n) is 3.73. The van der Waals surface area contributed by atoms with E-state index in [0.717, 1.165) is 38.2 Å². The van der Waals surface area contributed by atoms with Gasteiger partial charge in [-0.2, -0.15) is 0 Å². The van der Waals surface area contributed by atoms with Gasteiger partial charge in [0.15, 0.2) is 5.65 Å². The Labute approximate surface area is 145 Å². The Balaban J connectivity index is 1.55. The summed E-state index contributed by atoms with van der Waals surface area (Å²) >= 11 is 0. The predicted molar refractivity (Wildman–Crippen MR) is 91.5 cm³/mol. The smallest absolute Gasteiger partial charge is 0.272 e. The number of ether oxygens (including phenoxy) is 1. The molecule has 8 heteroatoms. The largest absolute Gasteiger partial charge is 0.379 e. The molecule has 0 bridgehead atoms. The molecule has 8 nitrogen and oxygen atoms in total. The van der Waals surface area contributed by atoms with Gasteiger partial charge in [-0.3, -0.25) is 19.6 Å². The number of nitrogens with zero attached hydrogens (tertiary/aromatic N) is 4. The van der Waals surface area contributed by atoms with Gasteiger partial charge in [0, 0.05) is 37.5 Å². The lowest BCUT2D eigenvalue weighted by Gasteiger charge is -2.30. The number of carbonyl (C=O) groups excluding carboxylic acids is 1. The van der Waals surface area contributed by atoms with Crippen LogP contribution in [-0.4, -0.2) is 69.7 Å². The Hall–Kier alpha value is -2.19. The van der Waals surface area contributed by atoms with Gasteiger partial charge in [-0.05, 0) is 19.8 Å². The van der Waals surface area contributed by atoms with E-state index < -0.39 is 0 Å². The lowest BCUT2D eigenvalue weighted by molar-refractivity contribution is -0.134. The number of amides is 1. The number of aromatic amines is 1. The van der Waals surface area contributed by atoms with Gasteiger partial charge in [0.05, 0.1) is 31.5 Å². The zero-order valence-electron chi connectivity index (χ0n) is 14.4. The van der Waals surface area contributed by atoms with Crippen molar-refractivity contribution in [2.45, 2.75) is 25.8 Å². The SMILES string of the molecule is Cc1cc(=O)n2[nH]c([C@@H]3CCCN3C(=O)CN3CCOCC3)cc2n1. The predicted octanol–water partition coefficient (Wildman–Crippen LogP) is 0.327. The third-order valence-corrected chi connectivity index (χ3v) is 4.99. The zero-order chi connectivity index (χ0) is 17.4. The fraction of sp³-hybridized carbons (Fsp3) is 0.588. The van der Waals surface area contributed by atoms with Crippen LogP contribution in [0.15, 0.2) is 16.9 Å². The molecule has 4 rings (SSSR count). The second-order valence-corrected chi connectivity index (χ2v) is 6.77. The summed E-state index contributed by atoms with van der Waals surface area (Å²) in [7, 11) is 0. The maximum Gasteiger partial charge on any atom is 0.272 e. The molecule has 2 aliphatic rings. The van der Waals surface area contributed by atoms with Gasteiger partial charge in [-0.25, -0.2) is 9.50 Å². The summed E-state index contributed by atoms with van der Waals surface area (Å²) in [5.74, 6) is 0.138. The summed E-state index contributed by atoms with van der Waals surface area (Å²) in [4.78, 5) is 33.3. The van der Waals surface area contributed by atoms with Gasteiger partial charge in [0.1, 0.15) is 0 Å².